The first-order valence-corrected chi connectivity index (χ1v) is 12.4. The third kappa shape index (κ3) is 6.84. The first-order valence-electron chi connectivity index (χ1n) is 11.4. The lowest BCUT2D eigenvalue weighted by Crippen LogP contribution is -2.46. The number of rotatable bonds is 6. The zero-order valence-electron chi connectivity index (χ0n) is 20.1. The van der Waals surface area contributed by atoms with E-state index in [0.717, 1.165) is 50.1 Å². The van der Waals surface area contributed by atoms with E-state index in [1.165, 1.54) is 16.8 Å². The molecule has 2 aromatic rings. The molecule has 0 bridgehead atoms. The van der Waals surface area contributed by atoms with E-state index in [1.54, 1.807) is 24.0 Å². The maximum Gasteiger partial charge on any atom is 0.189 e. The highest BCUT2D eigenvalue weighted by atomic mass is 32.2. The second-order valence-corrected chi connectivity index (χ2v) is 11.6. The highest BCUT2D eigenvalue weighted by molar-refractivity contribution is 7.99. The van der Waals surface area contributed by atoms with Crippen LogP contribution in [0.15, 0.2) is 35.6 Å². The van der Waals surface area contributed by atoms with Crippen molar-refractivity contribution >= 4 is 23.3 Å². The average Bonchev–Trinajstić information content (AvgIpc) is 2.70. The summed E-state index contributed by atoms with van der Waals surface area (Å²) in [5.74, 6) is 1.56. The molecule has 2 N–H and O–H groups in total. The number of thioether (sulfide) groups is 1. The molecular weight excluding hydrogens is 402 g/mol. The van der Waals surface area contributed by atoms with Crippen molar-refractivity contribution in [1.82, 2.24) is 14.9 Å². The number of piperazine rings is 1. The molecule has 0 unspecified atom stereocenters. The van der Waals surface area contributed by atoms with Crippen molar-refractivity contribution in [2.45, 2.75) is 63.9 Å². The van der Waals surface area contributed by atoms with Crippen molar-refractivity contribution < 1.29 is 0 Å². The summed E-state index contributed by atoms with van der Waals surface area (Å²) >= 11 is 1.69. The van der Waals surface area contributed by atoms with Crippen LogP contribution >= 0.6 is 11.8 Å². The van der Waals surface area contributed by atoms with Crippen LogP contribution in [0.2, 0.25) is 0 Å². The van der Waals surface area contributed by atoms with Crippen molar-refractivity contribution in [3.8, 4) is 0 Å². The second kappa shape index (κ2) is 9.78. The van der Waals surface area contributed by atoms with E-state index in [-0.39, 0.29) is 10.8 Å². The summed E-state index contributed by atoms with van der Waals surface area (Å²) < 4.78 is 0. The number of benzene rings is 1. The SMILES string of the molecule is CC(C)(C)c1cc(N2CCN(CCCSc3nccc(N)n3)CC2)cc(C(C)(C)C)c1. The van der Waals surface area contributed by atoms with E-state index in [1.807, 2.05) is 0 Å². The predicted molar refractivity (Wildman–Crippen MR) is 134 cm³/mol. The summed E-state index contributed by atoms with van der Waals surface area (Å²) in [6, 6.07) is 8.95. The summed E-state index contributed by atoms with van der Waals surface area (Å²) in [4.78, 5) is 13.7. The molecule has 31 heavy (non-hydrogen) atoms. The van der Waals surface area contributed by atoms with Crippen LogP contribution in [0.25, 0.3) is 0 Å². The van der Waals surface area contributed by atoms with Crippen LogP contribution in [0.1, 0.15) is 59.1 Å². The van der Waals surface area contributed by atoms with Crippen molar-refractivity contribution in [1.29, 1.82) is 0 Å². The Hall–Kier alpha value is -1.79. The number of hydrogen-bond acceptors (Lipinski definition) is 6. The van der Waals surface area contributed by atoms with Crippen LogP contribution in [0.3, 0.4) is 0 Å². The van der Waals surface area contributed by atoms with Crippen molar-refractivity contribution in [2.24, 2.45) is 0 Å². The van der Waals surface area contributed by atoms with Gasteiger partial charge in [-0.1, -0.05) is 59.4 Å². The lowest BCUT2D eigenvalue weighted by atomic mass is 9.80. The third-order valence-corrected chi connectivity index (χ3v) is 6.84. The van der Waals surface area contributed by atoms with Crippen LogP contribution in [0.5, 0.6) is 0 Å². The van der Waals surface area contributed by atoms with E-state index >= 15 is 0 Å². The molecule has 0 atom stereocenters. The van der Waals surface area contributed by atoms with Crippen molar-refractivity contribution in [3.05, 3.63) is 41.6 Å². The van der Waals surface area contributed by atoms with Gasteiger partial charge in [-0.05, 0) is 53.1 Å². The molecular formula is C25H39N5S. The van der Waals surface area contributed by atoms with E-state index in [9.17, 15) is 0 Å². The van der Waals surface area contributed by atoms with E-state index < -0.39 is 0 Å². The van der Waals surface area contributed by atoms with Gasteiger partial charge in [-0.25, -0.2) is 9.97 Å². The Balaban J connectivity index is 1.54. The van der Waals surface area contributed by atoms with Crippen LogP contribution < -0.4 is 10.6 Å². The Labute approximate surface area is 192 Å². The first-order chi connectivity index (χ1) is 14.5. The molecule has 1 aliphatic rings. The highest BCUT2D eigenvalue weighted by Gasteiger charge is 2.23. The third-order valence-electron chi connectivity index (χ3n) is 5.89. The van der Waals surface area contributed by atoms with E-state index in [2.05, 4.69) is 79.5 Å². The van der Waals surface area contributed by atoms with Gasteiger partial charge in [0.15, 0.2) is 5.16 Å². The Morgan fingerprint density at radius 3 is 2.10 bits per heavy atom. The molecule has 5 nitrogen and oxygen atoms in total. The number of nitrogen functional groups attached to an aromatic ring is 1. The van der Waals surface area contributed by atoms with Gasteiger partial charge in [0.05, 0.1) is 0 Å². The minimum atomic E-state index is 0.155. The van der Waals surface area contributed by atoms with Crippen molar-refractivity contribution in [2.75, 3.05) is 49.1 Å². The first kappa shape index (κ1) is 23.9. The maximum absolute atomic E-state index is 5.73. The van der Waals surface area contributed by atoms with Gasteiger partial charge in [0.1, 0.15) is 5.82 Å². The molecule has 6 heteroatoms. The molecule has 170 valence electrons. The Bertz CT molecular complexity index is 829. The molecule has 0 radical (unpaired) electrons. The molecule has 1 saturated heterocycles. The van der Waals surface area contributed by atoms with Gasteiger partial charge < -0.3 is 10.6 Å². The average molecular weight is 442 g/mol. The fraction of sp³-hybridized carbons (Fsp3) is 0.600. The number of anilines is 2. The monoisotopic (exact) mass is 441 g/mol. The number of nitrogens with zero attached hydrogens (tertiary/aromatic N) is 4. The second-order valence-electron chi connectivity index (χ2n) is 10.6. The number of hydrogen-bond donors (Lipinski definition) is 1. The van der Waals surface area contributed by atoms with Crippen molar-refractivity contribution in [3.63, 3.8) is 0 Å². The van der Waals surface area contributed by atoms with Gasteiger partial charge in [-0.15, -0.1) is 0 Å². The fourth-order valence-electron chi connectivity index (χ4n) is 3.76. The number of nitrogens with two attached hydrogens (primary N) is 1. The molecule has 1 aliphatic heterocycles. The molecule has 2 heterocycles. The summed E-state index contributed by atoms with van der Waals surface area (Å²) in [6.45, 7) is 19.4. The van der Waals surface area contributed by atoms with Gasteiger partial charge in [0, 0.05) is 43.8 Å². The lowest BCUT2D eigenvalue weighted by molar-refractivity contribution is 0.259. The number of aromatic nitrogens is 2. The Morgan fingerprint density at radius 1 is 0.935 bits per heavy atom. The maximum atomic E-state index is 5.73. The quantitative estimate of drug-likeness (QED) is 0.388. The van der Waals surface area contributed by atoms with Gasteiger partial charge in [-0.2, -0.15) is 0 Å². The lowest BCUT2D eigenvalue weighted by Gasteiger charge is -2.37. The minimum absolute atomic E-state index is 0.155. The topological polar surface area (TPSA) is 58.3 Å². The predicted octanol–water partition coefficient (Wildman–Crippen LogP) is 4.96. The normalized spacial score (nSPS) is 16.0. The van der Waals surface area contributed by atoms with Crippen LogP contribution in [-0.4, -0.2) is 53.3 Å². The largest absolute Gasteiger partial charge is 0.384 e. The smallest absolute Gasteiger partial charge is 0.189 e. The van der Waals surface area contributed by atoms with Gasteiger partial charge in [0.25, 0.3) is 0 Å². The minimum Gasteiger partial charge on any atom is -0.384 e. The molecule has 0 amide bonds. The molecule has 1 fully saturated rings. The fourth-order valence-corrected chi connectivity index (χ4v) is 4.53. The van der Waals surface area contributed by atoms with Gasteiger partial charge >= 0.3 is 0 Å². The zero-order chi connectivity index (χ0) is 22.6. The van der Waals surface area contributed by atoms with Gasteiger partial charge in [0.2, 0.25) is 0 Å². The van der Waals surface area contributed by atoms with Crippen LogP contribution in [0.4, 0.5) is 11.5 Å². The van der Waals surface area contributed by atoms with Gasteiger partial charge in [-0.3, -0.25) is 4.90 Å². The molecule has 0 spiro atoms. The standard InChI is InChI=1S/C25H39N5S/c1-24(2,3)19-16-20(25(4,5)6)18-21(17-19)30-13-11-29(12-14-30)10-7-15-31-23-27-9-8-22(26)28-23/h8-9,16-18H,7,10-15H2,1-6H3,(H2,26,27,28). The molecule has 3 rings (SSSR count). The van der Waals surface area contributed by atoms with E-state index in [0.29, 0.717) is 5.82 Å². The Kier molecular flexibility index (Phi) is 7.53. The Morgan fingerprint density at radius 2 is 1.55 bits per heavy atom. The summed E-state index contributed by atoms with van der Waals surface area (Å²) in [5.41, 5.74) is 10.3. The molecule has 1 aromatic heterocycles. The highest BCUT2D eigenvalue weighted by Crippen LogP contribution is 2.33. The van der Waals surface area contributed by atoms with E-state index in [4.69, 9.17) is 5.73 Å². The van der Waals surface area contributed by atoms with Crippen LogP contribution in [-0.2, 0) is 10.8 Å². The molecule has 0 aliphatic carbocycles. The molecule has 1 aromatic carbocycles. The zero-order valence-corrected chi connectivity index (χ0v) is 20.9. The van der Waals surface area contributed by atoms with Crippen LogP contribution in [0, 0.1) is 0 Å². The summed E-state index contributed by atoms with van der Waals surface area (Å²) in [7, 11) is 0. The summed E-state index contributed by atoms with van der Waals surface area (Å²) in [5, 5.41) is 0.776. The molecule has 0 saturated carbocycles. The summed E-state index contributed by atoms with van der Waals surface area (Å²) in [6.07, 6.45) is 2.86.